The second kappa shape index (κ2) is 15.5. The molecule has 11 nitrogen and oxygen atoms in total. The molecule has 0 radical (unpaired) electrons. The summed E-state index contributed by atoms with van der Waals surface area (Å²) in [5.74, 6) is -3.42. The fourth-order valence-corrected chi connectivity index (χ4v) is 7.22. The zero-order valence-electron chi connectivity index (χ0n) is 26.8. The van der Waals surface area contributed by atoms with E-state index in [4.69, 9.17) is 23.8 Å². The molecule has 3 aliphatic rings. The summed E-state index contributed by atoms with van der Waals surface area (Å²) in [5, 5.41) is 33.2. The van der Waals surface area contributed by atoms with Crippen LogP contribution in [0.4, 0.5) is 0 Å². The molecule has 45 heavy (non-hydrogen) atoms. The molecule has 250 valence electrons. The Morgan fingerprint density at radius 2 is 1.82 bits per heavy atom. The lowest BCUT2D eigenvalue weighted by molar-refractivity contribution is -0.297. The Morgan fingerprint density at radius 3 is 2.42 bits per heavy atom. The van der Waals surface area contributed by atoms with Crippen LogP contribution in [0.5, 0.6) is 0 Å². The summed E-state index contributed by atoms with van der Waals surface area (Å²) in [6.07, 6.45) is 6.37. The molecule has 0 amide bonds. The molecule has 0 aromatic heterocycles. The van der Waals surface area contributed by atoms with Gasteiger partial charge in [0.25, 0.3) is 0 Å². The summed E-state index contributed by atoms with van der Waals surface area (Å²) in [4.78, 5) is 42.2. The van der Waals surface area contributed by atoms with Crippen molar-refractivity contribution in [2.75, 3.05) is 0 Å². The SMILES string of the molecule is C=CC(=C)[C@@H](C[C@]1(C)[C@H](C)[C@@H](O)[C@@H](O)[C@@]23C(=C[C@H](OC(=O)C=C/C=C/CCCCC)C[C@@H]12)[C@@H](OC(C)=O)O[C@H]3OC(C)=O)OO. The summed E-state index contributed by atoms with van der Waals surface area (Å²) in [6, 6.07) is 0. The molecular weight excluding hydrogens is 584 g/mol. The standard InChI is InChI=1S/C34H48O11/c1-8-10-11-12-13-14-15-16-28(37)43-24-17-25-31(41-22(5)35)44-32(42-23(6)36)34(25)27(18-24)33(7,21(4)29(38)30(34)39)19-26(45-40)20(3)9-2/h9,13-17,21,24,26-27,29-32,38-40H,2-3,8,10-12,18-19H2,1,4-7H3/b14-13+,16-15?/t21-,24+,26-,27+,29-,30-,31+,32-,33-,34-/m1/s1. The molecule has 1 heterocycles. The first-order chi connectivity index (χ1) is 21.3. The van der Waals surface area contributed by atoms with Crippen molar-refractivity contribution in [3.05, 3.63) is 60.8 Å². The molecule has 2 fully saturated rings. The molecule has 11 heteroatoms. The maximum atomic E-state index is 12.9. The van der Waals surface area contributed by atoms with Crippen LogP contribution in [0.25, 0.3) is 0 Å². The van der Waals surface area contributed by atoms with Gasteiger partial charge >= 0.3 is 17.9 Å². The smallest absolute Gasteiger partial charge is 0.331 e. The largest absolute Gasteiger partial charge is 0.455 e. The monoisotopic (exact) mass is 632 g/mol. The van der Waals surface area contributed by atoms with Gasteiger partial charge in [0.2, 0.25) is 12.6 Å². The molecule has 0 bridgehead atoms. The molecule has 1 saturated heterocycles. The fourth-order valence-electron chi connectivity index (χ4n) is 7.22. The number of carbonyl (C=O) groups is 3. The van der Waals surface area contributed by atoms with E-state index in [0.29, 0.717) is 5.57 Å². The normalized spacial score (nSPS) is 34.8. The lowest BCUT2D eigenvalue weighted by Gasteiger charge is -2.62. The van der Waals surface area contributed by atoms with Gasteiger partial charge in [0.1, 0.15) is 12.2 Å². The number of carbonyl (C=O) groups excluding carboxylic acids is 3. The van der Waals surface area contributed by atoms with E-state index in [1.807, 2.05) is 13.0 Å². The molecule has 10 atom stereocenters. The molecule has 1 spiro atoms. The Balaban J connectivity index is 2.12. The van der Waals surface area contributed by atoms with Crippen LogP contribution in [0.3, 0.4) is 0 Å². The van der Waals surface area contributed by atoms with Crippen LogP contribution >= 0.6 is 0 Å². The van der Waals surface area contributed by atoms with Crippen LogP contribution in [0.15, 0.2) is 60.8 Å². The van der Waals surface area contributed by atoms with Crippen molar-refractivity contribution in [3.8, 4) is 0 Å². The molecule has 3 N–H and O–H groups in total. The average molecular weight is 633 g/mol. The van der Waals surface area contributed by atoms with Gasteiger partial charge in [-0.1, -0.05) is 71.1 Å². The van der Waals surface area contributed by atoms with Crippen LogP contribution in [-0.4, -0.2) is 70.4 Å². The third kappa shape index (κ3) is 7.49. The van der Waals surface area contributed by atoms with Gasteiger partial charge in [-0.25, -0.2) is 9.68 Å². The fraction of sp³-hybridized carbons (Fsp3) is 0.618. The minimum absolute atomic E-state index is 0.0768. The highest BCUT2D eigenvalue weighted by Gasteiger charge is 2.73. The van der Waals surface area contributed by atoms with Crippen molar-refractivity contribution < 1.29 is 53.7 Å². The van der Waals surface area contributed by atoms with Gasteiger partial charge in [-0.15, -0.1) is 0 Å². The highest BCUT2D eigenvalue weighted by Crippen LogP contribution is 2.67. The predicted octanol–water partition coefficient (Wildman–Crippen LogP) is 4.70. The molecule has 0 aromatic carbocycles. The number of aliphatic hydroxyl groups is 2. The quantitative estimate of drug-likeness (QED) is 0.0356. The Morgan fingerprint density at radius 1 is 1.13 bits per heavy atom. The molecule has 2 aliphatic carbocycles. The molecule has 1 aliphatic heterocycles. The summed E-state index contributed by atoms with van der Waals surface area (Å²) < 4.78 is 22.9. The number of hydrogen-bond acceptors (Lipinski definition) is 11. The number of ether oxygens (including phenoxy) is 4. The van der Waals surface area contributed by atoms with E-state index in [-0.39, 0.29) is 18.4 Å². The van der Waals surface area contributed by atoms with E-state index in [1.165, 1.54) is 32.1 Å². The van der Waals surface area contributed by atoms with Crippen molar-refractivity contribution >= 4 is 17.9 Å². The van der Waals surface area contributed by atoms with E-state index in [1.54, 1.807) is 19.1 Å². The second-order valence-electron chi connectivity index (χ2n) is 12.4. The Hall–Kier alpha value is -3.09. The number of hydrogen-bond donors (Lipinski definition) is 3. The van der Waals surface area contributed by atoms with Gasteiger partial charge in [-0.2, -0.15) is 0 Å². The van der Waals surface area contributed by atoms with E-state index in [9.17, 15) is 29.9 Å². The first-order valence-corrected chi connectivity index (χ1v) is 15.5. The van der Waals surface area contributed by atoms with Gasteiger partial charge < -0.3 is 24.4 Å². The van der Waals surface area contributed by atoms with Crippen LogP contribution < -0.4 is 0 Å². The Kier molecular flexibility index (Phi) is 12.5. The minimum atomic E-state index is -1.62. The molecule has 1 saturated carbocycles. The van der Waals surface area contributed by atoms with E-state index < -0.39 is 77.6 Å². The van der Waals surface area contributed by atoms with Gasteiger partial charge in [0.15, 0.2) is 0 Å². The second-order valence-corrected chi connectivity index (χ2v) is 12.4. The molecule has 0 unspecified atom stereocenters. The lowest BCUT2D eigenvalue weighted by atomic mass is 9.44. The maximum absolute atomic E-state index is 12.9. The van der Waals surface area contributed by atoms with Crippen LogP contribution in [0.1, 0.15) is 73.1 Å². The summed E-state index contributed by atoms with van der Waals surface area (Å²) >= 11 is 0. The van der Waals surface area contributed by atoms with Crippen LogP contribution in [0.2, 0.25) is 0 Å². The number of aliphatic hydroxyl groups excluding tert-OH is 2. The molecular formula is C34H48O11. The Labute approximate surface area is 265 Å². The first kappa shape index (κ1) is 36.4. The zero-order valence-corrected chi connectivity index (χ0v) is 26.8. The summed E-state index contributed by atoms with van der Waals surface area (Å²) in [5.41, 5.74) is -2.06. The van der Waals surface area contributed by atoms with Crippen LogP contribution in [0, 0.1) is 22.7 Å². The highest BCUT2D eigenvalue weighted by molar-refractivity contribution is 5.82. The van der Waals surface area contributed by atoms with Gasteiger partial charge in [-0.3, -0.25) is 19.6 Å². The van der Waals surface area contributed by atoms with E-state index in [0.717, 1.165) is 25.7 Å². The number of esters is 3. The average Bonchev–Trinajstić information content (AvgIpc) is 3.28. The highest BCUT2D eigenvalue weighted by atomic mass is 17.1. The number of allylic oxidation sites excluding steroid dienone is 3. The van der Waals surface area contributed by atoms with Crippen molar-refractivity contribution in [2.45, 2.75) is 110 Å². The van der Waals surface area contributed by atoms with Crippen molar-refractivity contribution in [1.82, 2.24) is 0 Å². The Bertz CT molecular complexity index is 1200. The van der Waals surface area contributed by atoms with E-state index >= 15 is 0 Å². The van der Waals surface area contributed by atoms with Crippen molar-refractivity contribution in [2.24, 2.45) is 22.7 Å². The van der Waals surface area contributed by atoms with Gasteiger partial charge in [0.05, 0.1) is 17.6 Å². The lowest BCUT2D eigenvalue weighted by Crippen LogP contribution is -2.68. The predicted molar refractivity (Wildman–Crippen MR) is 164 cm³/mol. The molecule has 0 aromatic rings. The first-order valence-electron chi connectivity index (χ1n) is 15.5. The number of unbranched alkanes of at least 4 members (excludes halogenated alkanes) is 3. The summed E-state index contributed by atoms with van der Waals surface area (Å²) in [6.45, 7) is 15.7. The zero-order chi connectivity index (χ0) is 33.5. The molecule has 3 rings (SSSR count). The van der Waals surface area contributed by atoms with Gasteiger partial charge in [0, 0.05) is 25.5 Å². The van der Waals surface area contributed by atoms with E-state index in [2.05, 4.69) is 20.1 Å². The third-order valence-electron chi connectivity index (χ3n) is 9.66. The summed E-state index contributed by atoms with van der Waals surface area (Å²) in [7, 11) is 0. The third-order valence-corrected chi connectivity index (χ3v) is 9.66. The number of rotatable bonds is 14. The van der Waals surface area contributed by atoms with Crippen molar-refractivity contribution in [3.63, 3.8) is 0 Å². The minimum Gasteiger partial charge on any atom is -0.455 e. The van der Waals surface area contributed by atoms with Gasteiger partial charge in [-0.05, 0) is 54.6 Å². The topological polar surface area (TPSA) is 158 Å². The maximum Gasteiger partial charge on any atom is 0.331 e. The van der Waals surface area contributed by atoms with Crippen molar-refractivity contribution in [1.29, 1.82) is 0 Å². The van der Waals surface area contributed by atoms with Crippen LogP contribution in [-0.2, 0) is 38.2 Å².